The van der Waals surface area contributed by atoms with Gasteiger partial charge < -0.3 is 46.9 Å². The van der Waals surface area contributed by atoms with E-state index in [1.54, 1.807) is 6.92 Å². The fraction of sp³-hybridized carbons (Fsp3) is 0.824. The van der Waals surface area contributed by atoms with Gasteiger partial charge in [0.1, 0.15) is 42.9 Å². The van der Waals surface area contributed by atoms with Crippen LogP contribution in [0, 0.1) is 17.8 Å². The van der Waals surface area contributed by atoms with Gasteiger partial charge in [0.15, 0.2) is 0 Å². The van der Waals surface area contributed by atoms with Crippen molar-refractivity contribution < 1.29 is 43.7 Å². The molecule has 280 valence electrons. The lowest BCUT2D eigenvalue weighted by Crippen LogP contribution is -2.63. The summed E-state index contributed by atoms with van der Waals surface area (Å²) in [6, 6.07) is -5.06. The van der Waals surface area contributed by atoms with Gasteiger partial charge in [-0.2, -0.15) is 0 Å². The molecule has 7 atom stereocenters. The third kappa shape index (κ3) is 12.8. The number of nitrogens with two attached hydrogens (primary N) is 1. The standard InChI is InChI=1S/C34H60N6O9/c1-6-7-8-12-15-26-21(4)34(48)40(5)24(16-20(2)3)31(45)38-28(22-13-10-9-11-14-22)33(47)37-23(17-35)30(44)39-29(25(42)19-41)32(46)36-18-27(43)49-26/h20-26,28-29,41-42H,6-19,35H2,1-5H3,(H,36,46)(H,37,47)(H,38,45)(H,39,44)/t21-,23+,24+,25+,26-,28+,29+/m1/s1. The van der Waals surface area contributed by atoms with E-state index < -0.39 is 91.0 Å². The van der Waals surface area contributed by atoms with Crippen LogP contribution >= 0.6 is 0 Å². The molecule has 2 fully saturated rings. The van der Waals surface area contributed by atoms with E-state index in [1.807, 2.05) is 13.8 Å². The lowest BCUT2D eigenvalue weighted by molar-refractivity contribution is -0.157. The number of esters is 1. The maximum Gasteiger partial charge on any atom is 0.325 e. The number of amides is 5. The molecule has 0 unspecified atom stereocenters. The number of ether oxygens (including phenoxy) is 1. The summed E-state index contributed by atoms with van der Waals surface area (Å²) in [6.07, 6.45) is 5.51. The van der Waals surface area contributed by atoms with Crippen LogP contribution in [-0.2, 0) is 33.5 Å². The average Bonchev–Trinajstić information content (AvgIpc) is 3.09. The highest BCUT2D eigenvalue weighted by molar-refractivity contribution is 5.96. The Balaban J connectivity index is 2.57. The van der Waals surface area contributed by atoms with Crippen molar-refractivity contribution in [3.63, 3.8) is 0 Å². The number of carbonyl (C=O) groups excluding carboxylic acids is 6. The Morgan fingerprint density at radius 3 is 2.18 bits per heavy atom. The van der Waals surface area contributed by atoms with Crippen molar-refractivity contribution in [3.05, 3.63) is 0 Å². The molecule has 15 heteroatoms. The second kappa shape index (κ2) is 21.0. The van der Waals surface area contributed by atoms with Crippen LogP contribution < -0.4 is 27.0 Å². The molecule has 0 spiro atoms. The Kier molecular flexibility index (Phi) is 18.0. The van der Waals surface area contributed by atoms with Crippen LogP contribution in [0.5, 0.6) is 0 Å². The molecule has 2 aliphatic rings. The molecule has 0 aromatic carbocycles. The van der Waals surface area contributed by atoms with Crippen LogP contribution in [-0.4, -0.2) is 114 Å². The van der Waals surface area contributed by atoms with Gasteiger partial charge in [-0.15, -0.1) is 0 Å². The van der Waals surface area contributed by atoms with Crippen molar-refractivity contribution in [1.29, 1.82) is 0 Å². The van der Waals surface area contributed by atoms with Crippen LogP contribution in [0.25, 0.3) is 0 Å². The van der Waals surface area contributed by atoms with E-state index in [2.05, 4.69) is 28.2 Å². The number of rotatable bonds is 11. The maximum atomic E-state index is 14.1. The van der Waals surface area contributed by atoms with Crippen LogP contribution in [0.2, 0.25) is 0 Å². The molecule has 1 saturated heterocycles. The second-order valence-electron chi connectivity index (χ2n) is 13.9. The fourth-order valence-electron chi connectivity index (χ4n) is 6.49. The highest BCUT2D eigenvalue weighted by Gasteiger charge is 2.39. The number of aliphatic hydroxyl groups excluding tert-OH is 2. The molecule has 49 heavy (non-hydrogen) atoms. The molecule has 2 rings (SSSR count). The first kappa shape index (κ1) is 41.9. The number of nitrogens with one attached hydrogen (secondary N) is 4. The quantitative estimate of drug-likeness (QED) is 0.112. The lowest BCUT2D eigenvalue weighted by atomic mass is 9.83. The molecule has 8 N–H and O–H groups in total. The number of cyclic esters (lactones) is 1. The Morgan fingerprint density at radius 2 is 1.59 bits per heavy atom. The summed E-state index contributed by atoms with van der Waals surface area (Å²) in [6.45, 7) is 5.61. The summed E-state index contributed by atoms with van der Waals surface area (Å²) < 4.78 is 5.73. The SMILES string of the molecule is CCCCCC[C@H]1OC(=O)CNC(=O)[C@H]([C@@H](O)CO)NC(=O)[C@H](CN)NC(=O)[C@H](C2CCCCC2)NC(=O)[C@H](CC(C)C)N(C)C(=O)[C@@H]1C. The van der Waals surface area contributed by atoms with Crippen LogP contribution in [0.15, 0.2) is 0 Å². The van der Waals surface area contributed by atoms with Gasteiger partial charge in [0, 0.05) is 13.6 Å². The predicted molar refractivity (Wildman–Crippen MR) is 181 cm³/mol. The van der Waals surface area contributed by atoms with E-state index in [4.69, 9.17) is 10.5 Å². The van der Waals surface area contributed by atoms with Crippen molar-refractivity contribution >= 4 is 35.5 Å². The number of aliphatic hydroxyl groups is 2. The molecule has 1 aliphatic carbocycles. The van der Waals surface area contributed by atoms with E-state index in [-0.39, 0.29) is 18.4 Å². The van der Waals surface area contributed by atoms with Gasteiger partial charge in [-0.1, -0.05) is 66.2 Å². The summed E-state index contributed by atoms with van der Waals surface area (Å²) in [5.41, 5.74) is 5.86. The van der Waals surface area contributed by atoms with E-state index in [1.165, 1.54) is 11.9 Å². The zero-order valence-electron chi connectivity index (χ0n) is 29.9. The number of nitrogens with zero attached hydrogens (tertiary/aromatic N) is 1. The number of unbranched alkanes of at least 4 members (excludes halogenated alkanes) is 3. The molecule has 1 saturated carbocycles. The van der Waals surface area contributed by atoms with Gasteiger partial charge in [0.2, 0.25) is 29.5 Å². The van der Waals surface area contributed by atoms with Crippen molar-refractivity contribution in [2.75, 3.05) is 26.7 Å². The molecule has 0 aromatic heterocycles. The van der Waals surface area contributed by atoms with Crippen molar-refractivity contribution in [2.45, 2.75) is 135 Å². The first-order valence-electron chi connectivity index (χ1n) is 17.9. The number of hydrogen-bond acceptors (Lipinski definition) is 10. The zero-order chi connectivity index (χ0) is 36.7. The predicted octanol–water partition coefficient (Wildman–Crippen LogP) is -0.146. The van der Waals surface area contributed by atoms with Crippen LogP contribution in [0.1, 0.15) is 98.3 Å². The Bertz CT molecular complexity index is 1120. The second-order valence-corrected chi connectivity index (χ2v) is 13.9. The lowest BCUT2D eigenvalue weighted by Gasteiger charge is -2.36. The highest BCUT2D eigenvalue weighted by Crippen LogP contribution is 2.28. The van der Waals surface area contributed by atoms with E-state index in [9.17, 15) is 39.0 Å². The number of likely N-dealkylation sites (N-methyl/N-ethyl adjacent to an activating group) is 1. The Morgan fingerprint density at radius 1 is 0.918 bits per heavy atom. The van der Waals surface area contributed by atoms with E-state index >= 15 is 0 Å². The largest absolute Gasteiger partial charge is 0.460 e. The monoisotopic (exact) mass is 696 g/mol. The topological polar surface area (TPSA) is 229 Å². The number of hydrogen-bond donors (Lipinski definition) is 7. The molecule has 1 heterocycles. The Labute approximate surface area is 290 Å². The van der Waals surface area contributed by atoms with Gasteiger partial charge >= 0.3 is 5.97 Å². The fourth-order valence-corrected chi connectivity index (χ4v) is 6.49. The highest BCUT2D eigenvalue weighted by atomic mass is 16.5. The first-order valence-corrected chi connectivity index (χ1v) is 17.9. The van der Waals surface area contributed by atoms with Crippen LogP contribution in [0.3, 0.4) is 0 Å². The zero-order valence-corrected chi connectivity index (χ0v) is 29.9. The minimum Gasteiger partial charge on any atom is -0.460 e. The molecule has 0 radical (unpaired) electrons. The smallest absolute Gasteiger partial charge is 0.325 e. The van der Waals surface area contributed by atoms with E-state index in [0.717, 1.165) is 38.5 Å². The van der Waals surface area contributed by atoms with Gasteiger partial charge in [0.25, 0.3) is 0 Å². The molecular weight excluding hydrogens is 636 g/mol. The summed E-state index contributed by atoms with van der Waals surface area (Å²) in [7, 11) is 1.53. The first-order chi connectivity index (χ1) is 23.2. The normalized spacial score (nSPS) is 28.4. The minimum atomic E-state index is -1.75. The summed E-state index contributed by atoms with van der Waals surface area (Å²) in [5.74, 6) is -5.42. The van der Waals surface area contributed by atoms with Gasteiger partial charge in [-0.3, -0.25) is 28.8 Å². The third-order valence-corrected chi connectivity index (χ3v) is 9.51. The molecule has 5 amide bonds. The van der Waals surface area contributed by atoms with Gasteiger partial charge in [0.05, 0.1) is 12.5 Å². The molecule has 15 nitrogen and oxygen atoms in total. The van der Waals surface area contributed by atoms with Crippen molar-refractivity contribution in [1.82, 2.24) is 26.2 Å². The van der Waals surface area contributed by atoms with E-state index in [0.29, 0.717) is 32.1 Å². The Hall–Kier alpha value is -3.30. The molecule has 0 bridgehead atoms. The van der Waals surface area contributed by atoms with Crippen molar-refractivity contribution in [3.8, 4) is 0 Å². The van der Waals surface area contributed by atoms with Gasteiger partial charge in [-0.05, 0) is 43.9 Å². The number of carbonyl (C=O) groups is 6. The molecular formula is C34H60N6O9. The molecule has 1 aliphatic heterocycles. The third-order valence-electron chi connectivity index (χ3n) is 9.51. The van der Waals surface area contributed by atoms with Gasteiger partial charge in [-0.25, -0.2) is 0 Å². The molecule has 0 aromatic rings. The summed E-state index contributed by atoms with van der Waals surface area (Å²) >= 11 is 0. The van der Waals surface area contributed by atoms with Crippen LogP contribution in [0.4, 0.5) is 0 Å². The average molecular weight is 697 g/mol. The van der Waals surface area contributed by atoms with Crippen molar-refractivity contribution in [2.24, 2.45) is 23.5 Å². The minimum absolute atomic E-state index is 0.00341. The summed E-state index contributed by atoms with van der Waals surface area (Å²) in [4.78, 5) is 82.6. The maximum absolute atomic E-state index is 14.1. The summed E-state index contributed by atoms with van der Waals surface area (Å²) in [5, 5.41) is 30.1.